The zero-order valence-electron chi connectivity index (χ0n) is 10.8. The molecule has 104 valence electrons. The van der Waals surface area contributed by atoms with E-state index < -0.39 is 0 Å². The zero-order chi connectivity index (χ0) is 14.1. The van der Waals surface area contributed by atoms with E-state index >= 15 is 0 Å². The zero-order valence-corrected chi connectivity index (χ0v) is 12.4. The number of alkyl halides is 1. The highest BCUT2D eigenvalue weighted by Crippen LogP contribution is 2.11. The highest BCUT2D eigenvalue weighted by atomic mass is 79.9. The molecule has 0 saturated carbocycles. The molecule has 19 heavy (non-hydrogen) atoms. The first-order valence-electron chi connectivity index (χ1n) is 6.09. The molecule has 4 nitrogen and oxygen atoms in total. The molecule has 0 fully saturated rings. The number of carbonyl (C=O) groups excluding carboxylic acids is 2. The Morgan fingerprint density at radius 3 is 2.53 bits per heavy atom. The highest BCUT2D eigenvalue weighted by molar-refractivity contribution is 9.10. The van der Waals surface area contributed by atoms with E-state index in [0.29, 0.717) is 18.6 Å². The van der Waals surface area contributed by atoms with Crippen LogP contribution in [-0.4, -0.2) is 30.5 Å². The highest BCUT2D eigenvalue weighted by Gasteiger charge is 2.14. The molecule has 0 aromatic heterocycles. The lowest BCUT2D eigenvalue weighted by atomic mass is 10.2. The van der Waals surface area contributed by atoms with Crippen LogP contribution in [0.25, 0.3) is 0 Å². The van der Waals surface area contributed by atoms with Crippen molar-refractivity contribution in [3.8, 4) is 0 Å². The van der Waals surface area contributed by atoms with E-state index in [1.54, 1.807) is 24.3 Å². The van der Waals surface area contributed by atoms with Crippen molar-refractivity contribution in [3.05, 3.63) is 35.9 Å². The molecule has 0 N–H and O–H groups in total. The molecule has 0 amide bonds. The topological polar surface area (TPSA) is 52.6 Å². The molecule has 0 unspecified atom stereocenters. The molecule has 0 radical (unpaired) electrons. The first-order chi connectivity index (χ1) is 9.15. The van der Waals surface area contributed by atoms with Crippen LogP contribution in [0.5, 0.6) is 0 Å². The number of hydrogen-bond donors (Lipinski definition) is 0. The van der Waals surface area contributed by atoms with E-state index in [9.17, 15) is 9.59 Å². The van der Waals surface area contributed by atoms with Gasteiger partial charge in [0.2, 0.25) is 0 Å². The molecular formula is C14H17BrO4. The standard InChI is InChI=1S/C14H17BrO4/c1-18-14(17)12(15)9-5-6-10-19-13(16)11-7-3-2-4-8-11/h2-4,7-8,12H,5-6,9-10H2,1H3/t12-/m0/s1. The number of carbonyl (C=O) groups is 2. The minimum absolute atomic E-state index is 0.277. The van der Waals surface area contributed by atoms with Gasteiger partial charge in [-0.3, -0.25) is 4.79 Å². The van der Waals surface area contributed by atoms with Crippen LogP contribution in [-0.2, 0) is 14.3 Å². The van der Waals surface area contributed by atoms with Crippen molar-refractivity contribution in [1.29, 1.82) is 0 Å². The average molecular weight is 329 g/mol. The van der Waals surface area contributed by atoms with Crippen LogP contribution in [0, 0.1) is 0 Å². The SMILES string of the molecule is COC(=O)[C@@H](Br)CCCCOC(=O)c1ccccc1. The molecule has 0 bridgehead atoms. The predicted octanol–water partition coefficient (Wildman–Crippen LogP) is 2.95. The average Bonchev–Trinajstić information content (AvgIpc) is 2.46. The molecule has 0 heterocycles. The normalized spacial score (nSPS) is 11.7. The van der Waals surface area contributed by atoms with Gasteiger partial charge >= 0.3 is 11.9 Å². The van der Waals surface area contributed by atoms with Crippen LogP contribution in [0.2, 0.25) is 0 Å². The molecule has 5 heteroatoms. The van der Waals surface area contributed by atoms with Gasteiger partial charge in [0.25, 0.3) is 0 Å². The summed E-state index contributed by atoms with van der Waals surface area (Å²) in [7, 11) is 1.36. The second-order valence-corrected chi connectivity index (χ2v) is 5.09. The molecule has 0 aliphatic heterocycles. The first-order valence-corrected chi connectivity index (χ1v) is 7.00. The van der Waals surface area contributed by atoms with Gasteiger partial charge in [0.05, 0.1) is 19.3 Å². The molecular weight excluding hydrogens is 312 g/mol. The van der Waals surface area contributed by atoms with Gasteiger partial charge in [0.15, 0.2) is 0 Å². The van der Waals surface area contributed by atoms with Crippen molar-refractivity contribution in [2.24, 2.45) is 0 Å². The predicted molar refractivity (Wildman–Crippen MR) is 75.3 cm³/mol. The van der Waals surface area contributed by atoms with E-state index in [0.717, 1.165) is 12.8 Å². The second-order valence-electron chi connectivity index (χ2n) is 3.99. The van der Waals surface area contributed by atoms with Crippen LogP contribution in [0.1, 0.15) is 29.6 Å². The summed E-state index contributed by atoms with van der Waals surface area (Å²) in [5, 5.41) is 0. The summed E-state index contributed by atoms with van der Waals surface area (Å²) in [6.45, 7) is 0.356. The fraction of sp³-hybridized carbons (Fsp3) is 0.429. The number of methoxy groups -OCH3 is 1. The van der Waals surface area contributed by atoms with E-state index in [1.165, 1.54) is 7.11 Å². The minimum Gasteiger partial charge on any atom is -0.468 e. The fourth-order valence-corrected chi connectivity index (χ4v) is 2.00. The lowest BCUT2D eigenvalue weighted by Gasteiger charge is -2.07. The molecule has 1 rings (SSSR count). The first kappa shape index (κ1) is 15.7. The third-order valence-corrected chi connectivity index (χ3v) is 3.38. The minimum atomic E-state index is -0.316. The second kappa shape index (κ2) is 8.69. The number of unbranched alkanes of at least 4 members (excludes halogenated alkanes) is 1. The quantitative estimate of drug-likeness (QED) is 0.438. The summed E-state index contributed by atoms with van der Waals surface area (Å²) < 4.78 is 9.72. The van der Waals surface area contributed by atoms with Crippen LogP contribution < -0.4 is 0 Å². The van der Waals surface area contributed by atoms with E-state index in [1.807, 2.05) is 6.07 Å². The van der Waals surface area contributed by atoms with Crippen molar-refractivity contribution < 1.29 is 19.1 Å². The Bertz CT molecular complexity index is 405. The maximum Gasteiger partial charge on any atom is 0.338 e. The summed E-state index contributed by atoms with van der Waals surface area (Å²) in [5.41, 5.74) is 0.551. The fourth-order valence-electron chi connectivity index (χ4n) is 1.49. The third kappa shape index (κ3) is 5.87. The number of halogens is 1. The Balaban J connectivity index is 2.15. The largest absolute Gasteiger partial charge is 0.468 e. The summed E-state index contributed by atoms with van der Waals surface area (Å²) in [6.07, 6.45) is 2.17. The third-order valence-electron chi connectivity index (χ3n) is 2.55. The van der Waals surface area contributed by atoms with Gasteiger partial charge in [0.1, 0.15) is 4.83 Å². The van der Waals surface area contributed by atoms with Crippen molar-refractivity contribution >= 4 is 27.9 Å². The van der Waals surface area contributed by atoms with Crippen LogP contribution in [0.15, 0.2) is 30.3 Å². The molecule has 0 aliphatic rings. The number of esters is 2. The maximum atomic E-state index is 11.6. The van der Waals surface area contributed by atoms with Crippen molar-refractivity contribution in [1.82, 2.24) is 0 Å². The van der Waals surface area contributed by atoms with Crippen LogP contribution in [0.4, 0.5) is 0 Å². The molecule has 1 aromatic rings. The van der Waals surface area contributed by atoms with Crippen LogP contribution in [0.3, 0.4) is 0 Å². The van der Waals surface area contributed by atoms with Gasteiger partial charge in [-0.15, -0.1) is 0 Å². The Hall–Kier alpha value is -1.36. The van der Waals surface area contributed by atoms with Gasteiger partial charge in [-0.25, -0.2) is 4.79 Å². The Morgan fingerprint density at radius 2 is 1.89 bits per heavy atom. The number of ether oxygens (including phenoxy) is 2. The lowest BCUT2D eigenvalue weighted by molar-refractivity contribution is -0.139. The maximum absolute atomic E-state index is 11.6. The molecule has 0 spiro atoms. The molecule has 1 aromatic carbocycles. The Morgan fingerprint density at radius 1 is 1.21 bits per heavy atom. The summed E-state index contributed by atoms with van der Waals surface area (Å²) in [4.78, 5) is 22.4. The van der Waals surface area contributed by atoms with Gasteiger partial charge in [-0.1, -0.05) is 34.1 Å². The van der Waals surface area contributed by atoms with Gasteiger partial charge in [-0.2, -0.15) is 0 Å². The van der Waals surface area contributed by atoms with E-state index in [-0.39, 0.29) is 16.8 Å². The Labute approximate surface area is 121 Å². The van der Waals surface area contributed by atoms with E-state index in [4.69, 9.17) is 4.74 Å². The van der Waals surface area contributed by atoms with Gasteiger partial charge in [-0.05, 0) is 31.4 Å². The van der Waals surface area contributed by atoms with E-state index in [2.05, 4.69) is 20.7 Å². The number of benzene rings is 1. The summed E-state index contributed by atoms with van der Waals surface area (Å²) in [5.74, 6) is -0.592. The monoisotopic (exact) mass is 328 g/mol. The van der Waals surface area contributed by atoms with Crippen LogP contribution >= 0.6 is 15.9 Å². The smallest absolute Gasteiger partial charge is 0.338 e. The summed E-state index contributed by atoms with van der Waals surface area (Å²) >= 11 is 3.24. The van der Waals surface area contributed by atoms with Gasteiger partial charge < -0.3 is 9.47 Å². The van der Waals surface area contributed by atoms with Gasteiger partial charge in [0, 0.05) is 0 Å². The molecule has 0 saturated heterocycles. The summed E-state index contributed by atoms with van der Waals surface area (Å²) in [6, 6.07) is 8.87. The molecule has 0 aliphatic carbocycles. The number of hydrogen-bond acceptors (Lipinski definition) is 4. The number of rotatable bonds is 7. The van der Waals surface area contributed by atoms with Crippen molar-refractivity contribution in [2.75, 3.05) is 13.7 Å². The Kier molecular flexibility index (Phi) is 7.18. The van der Waals surface area contributed by atoms with Crippen molar-refractivity contribution in [3.63, 3.8) is 0 Å². The lowest BCUT2D eigenvalue weighted by Crippen LogP contribution is -2.15. The van der Waals surface area contributed by atoms with Crippen molar-refractivity contribution in [2.45, 2.75) is 24.1 Å². The molecule has 1 atom stereocenters.